The van der Waals surface area contributed by atoms with Crippen LogP contribution in [0, 0.1) is 11.8 Å². The largest absolute Gasteiger partial charge is 0.374 e. The van der Waals surface area contributed by atoms with Crippen LogP contribution in [0.5, 0.6) is 0 Å². The maximum atomic E-state index is 6.26. The van der Waals surface area contributed by atoms with E-state index in [0.717, 1.165) is 18.4 Å². The summed E-state index contributed by atoms with van der Waals surface area (Å²) in [5.41, 5.74) is 0.148. The molecule has 0 amide bonds. The summed E-state index contributed by atoms with van der Waals surface area (Å²) in [6.45, 7) is 5.41. The molecule has 0 saturated heterocycles. The van der Waals surface area contributed by atoms with Crippen LogP contribution in [-0.2, 0) is 4.74 Å². The minimum absolute atomic E-state index is 0.148. The van der Waals surface area contributed by atoms with Crippen LogP contribution in [0.2, 0.25) is 0 Å². The van der Waals surface area contributed by atoms with Crippen molar-refractivity contribution in [3.63, 3.8) is 0 Å². The summed E-state index contributed by atoms with van der Waals surface area (Å²) < 4.78 is 6.26. The first kappa shape index (κ1) is 14.3. The lowest BCUT2D eigenvalue weighted by molar-refractivity contribution is -0.0782. The molecule has 0 spiro atoms. The first-order chi connectivity index (χ1) is 8.72. The Kier molecular flexibility index (Phi) is 5.08. The number of ether oxygens (including phenoxy) is 1. The fourth-order valence-electron chi connectivity index (χ4n) is 4.35. The smallest absolute Gasteiger partial charge is 0.0837 e. The minimum Gasteiger partial charge on any atom is -0.374 e. The summed E-state index contributed by atoms with van der Waals surface area (Å²) in [7, 11) is 2.14. The maximum Gasteiger partial charge on any atom is 0.0837 e. The van der Waals surface area contributed by atoms with Crippen molar-refractivity contribution in [2.75, 3.05) is 13.7 Å². The Morgan fingerprint density at radius 3 is 2.28 bits per heavy atom. The summed E-state index contributed by atoms with van der Waals surface area (Å²) in [6.07, 6.45) is 10.8. The van der Waals surface area contributed by atoms with E-state index in [1.54, 1.807) is 0 Å². The zero-order valence-corrected chi connectivity index (χ0v) is 12.5. The molecule has 2 rings (SSSR count). The molecule has 0 aromatic carbocycles. The van der Waals surface area contributed by atoms with Crippen molar-refractivity contribution in [2.45, 2.75) is 76.9 Å². The van der Waals surface area contributed by atoms with Gasteiger partial charge in [-0.2, -0.15) is 0 Å². The van der Waals surface area contributed by atoms with Gasteiger partial charge in [-0.15, -0.1) is 0 Å². The molecule has 2 heteroatoms. The molecular weight excluding hydrogens is 222 g/mol. The first-order valence-corrected chi connectivity index (χ1v) is 8.03. The van der Waals surface area contributed by atoms with E-state index >= 15 is 0 Å². The van der Waals surface area contributed by atoms with Gasteiger partial charge < -0.3 is 10.1 Å². The Labute approximate surface area is 113 Å². The van der Waals surface area contributed by atoms with Gasteiger partial charge in [-0.3, -0.25) is 0 Å². The fourth-order valence-corrected chi connectivity index (χ4v) is 4.35. The maximum absolute atomic E-state index is 6.26. The molecule has 2 aliphatic carbocycles. The second-order valence-electron chi connectivity index (χ2n) is 6.49. The Hall–Kier alpha value is -0.0800. The summed E-state index contributed by atoms with van der Waals surface area (Å²) >= 11 is 0. The number of nitrogens with one attached hydrogen (secondary N) is 1. The molecule has 2 fully saturated rings. The second-order valence-corrected chi connectivity index (χ2v) is 6.49. The summed E-state index contributed by atoms with van der Waals surface area (Å²) in [4.78, 5) is 0. The Morgan fingerprint density at radius 1 is 1.17 bits per heavy atom. The van der Waals surface area contributed by atoms with Gasteiger partial charge in [-0.25, -0.2) is 0 Å². The summed E-state index contributed by atoms with van der Waals surface area (Å²) in [5, 5.41) is 3.63. The van der Waals surface area contributed by atoms with Crippen LogP contribution in [0.1, 0.15) is 65.2 Å². The highest BCUT2D eigenvalue weighted by atomic mass is 16.5. The molecule has 106 valence electrons. The van der Waals surface area contributed by atoms with Crippen LogP contribution >= 0.6 is 0 Å². The highest BCUT2D eigenvalue weighted by Gasteiger charge is 2.45. The van der Waals surface area contributed by atoms with E-state index in [2.05, 4.69) is 26.2 Å². The minimum atomic E-state index is 0.148. The van der Waals surface area contributed by atoms with Crippen LogP contribution < -0.4 is 5.32 Å². The highest BCUT2D eigenvalue weighted by Crippen LogP contribution is 2.42. The van der Waals surface area contributed by atoms with Gasteiger partial charge in [-0.05, 0) is 51.5 Å². The number of hydrogen-bond donors (Lipinski definition) is 1. The molecule has 2 nitrogen and oxygen atoms in total. The third-order valence-electron chi connectivity index (χ3n) is 5.29. The molecule has 0 heterocycles. The van der Waals surface area contributed by atoms with Gasteiger partial charge in [0.15, 0.2) is 0 Å². The van der Waals surface area contributed by atoms with E-state index in [1.165, 1.54) is 51.4 Å². The van der Waals surface area contributed by atoms with Gasteiger partial charge in [-0.1, -0.05) is 32.6 Å². The fraction of sp³-hybridized carbons (Fsp3) is 1.00. The lowest BCUT2D eigenvalue weighted by atomic mass is 9.73. The topological polar surface area (TPSA) is 21.3 Å². The Morgan fingerprint density at radius 2 is 1.78 bits per heavy atom. The second kappa shape index (κ2) is 6.38. The van der Waals surface area contributed by atoms with Crippen molar-refractivity contribution >= 4 is 0 Å². The quantitative estimate of drug-likeness (QED) is 0.805. The molecule has 2 saturated carbocycles. The molecule has 1 atom stereocenters. The first-order valence-electron chi connectivity index (χ1n) is 8.03. The normalized spacial score (nSPS) is 33.5. The van der Waals surface area contributed by atoms with Crippen LogP contribution in [-0.4, -0.2) is 25.3 Å². The van der Waals surface area contributed by atoms with E-state index in [4.69, 9.17) is 4.74 Å². The van der Waals surface area contributed by atoms with E-state index in [1.807, 2.05) is 0 Å². The molecule has 0 aromatic rings. The van der Waals surface area contributed by atoms with Crippen LogP contribution in [0.15, 0.2) is 0 Å². The predicted octanol–water partition coefficient (Wildman–Crippen LogP) is 3.75. The summed E-state index contributed by atoms with van der Waals surface area (Å²) in [6, 6.07) is 0.576. The average Bonchev–Trinajstić information content (AvgIpc) is 2.82. The van der Waals surface area contributed by atoms with Gasteiger partial charge in [0.25, 0.3) is 0 Å². The van der Waals surface area contributed by atoms with Crippen molar-refractivity contribution in [3.05, 3.63) is 0 Å². The molecule has 18 heavy (non-hydrogen) atoms. The van der Waals surface area contributed by atoms with E-state index < -0.39 is 0 Å². The monoisotopic (exact) mass is 253 g/mol. The molecule has 1 unspecified atom stereocenters. The van der Waals surface area contributed by atoms with Crippen molar-refractivity contribution < 1.29 is 4.74 Å². The van der Waals surface area contributed by atoms with Crippen molar-refractivity contribution in [3.8, 4) is 0 Å². The zero-order chi connectivity index (χ0) is 13.0. The highest BCUT2D eigenvalue weighted by molar-refractivity contribution is 5.00. The molecule has 0 aromatic heterocycles. The Balaban J connectivity index is 2.05. The number of rotatable bonds is 5. The average molecular weight is 253 g/mol. The third kappa shape index (κ3) is 2.91. The van der Waals surface area contributed by atoms with Crippen LogP contribution in [0.25, 0.3) is 0 Å². The molecular formula is C16H31NO. The zero-order valence-electron chi connectivity index (χ0n) is 12.5. The molecule has 0 aliphatic heterocycles. The van der Waals surface area contributed by atoms with E-state index in [-0.39, 0.29) is 5.60 Å². The lowest BCUT2D eigenvalue weighted by Gasteiger charge is -2.43. The van der Waals surface area contributed by atoms with Gasteiger partial charge >= 0.3 is 0 Å². The van der Waals surface area contributed by atoms with Gasteiger partial charge in [0.2, 0.25) is 0 Å². The molecule has 0 bridgehead atoms. The SMILES string of the molecule is CCOC1(C(NC)C2CCC(C)CC2)CCCC1. The summed E-state index contributed by atoms with van der Waals surface area (Å²) in [5.74, 6) is 1.77. The van der Waals surface area contributed by atoms with Crippen LogP contribution in [0.4, 0.5) is 0 Å². The van der Waals surface area contributed by atoms with Crippen molar-refractivity contribution in [1.29, 1.82) is 0 Å². The molecule has 1 N–H and O–H groups in total. The van der Waals surface area contributed by atoms with Gasteiger partial charge in [0, 0.05) is 12.6 Å². The third-order valence-corrected chi connectivity index (χ3v) is 5.29. The Bertz CT molecular complexity index is 239. The predicted molar refractivity (Wildman–Crippen MR) is 76.8 cm³/mol. The van der Waals surface area contributed by atoms with Gasteiger partial charge in [0.05, 0.1) is 5.60 Å². The lowest BCUT2D eigenvalue weighted by Crippen LogP contribution is -2.54. The van der Waals surface area contributed by atoms with Crippen LogP contribution in [0.3, 0.4) is 0 Å². The number of likely N-dealkylation sites (N-methyl/N-ethyl adjacent to an activating group) is 1. The van der Waals surface area contributed by atoms with Crippen molar-refractivity contribution in [1.82, 2.24) is 5.32 Å². The van der Waals surface area contributed by atoms with E-state index in [0.29, 0.717) is 6.04 Å². The molecule has 0 radical (unpaired) electrons. The standard InChI is InChI=1S/C16H31NO/c1-4-18-16(11-5-6-12-16)15(17-3)14-9-7-13(2)8-10-14/h13-15,17H,4-12H2,1-3H3. The number of hydrogen-bond acceptors (Lipinski definition) is 2. The van der Waals surface area contributed by atoms with Gasteiger partial charge in [0.1, 0.15) is 0 Å². The van der Waals surface area contributed by atoms with Crippen molar-refractivity contribution in [2.24, 2.45) is 11.8 Å². The van der Waals surface area contributed by atoms with E-state index in [9.17, 15) is 0 Å². The molecule has 2 aliphatic rings.